The number of nitrogens with zero attached hydrogens (tertiary/aromatic N) is 1. The van der Waals surface area contributed by atoms with E-state index in [-0.39, 0.29) is 12.4 Å². The third kappa shape index (κ3) is 4.35. The van der Waals surface area contributed by atoms with Gasteiger partial charge in [-0.1, -0.05) is 59.6 Å². The van der Waals surface area contributed by atoms with E-state index in [1.165, 1.54) is 0 Å². The number of carbonyl (C=O) groups excluding carboxylic acids is 2. The molecule has 0 amide bonds. The SMILES string of the molecule is Cc1ccc(-c2nc3ccccc3c(C(=O)OCC(=O)c3ccc(Cl)cc3)c2C)cc1. The highest BCUT2D eigenvalue weighted by molar-refractivity contribution is 6.30. The number of aromatic nitrogens is 1. The Hall–Kier alpha value is -3.50. The zero-order valence-corrected chi connectivity index (χ0v) is 17.9. The maximum atomic E-state index is 13.1. The number of esters is 1. The van der Waals surface area contributed by atoms with Crippen LogP contribution in [0.1, 0.15) is 31.8 Å². The molecule has 3 aromatic carbocycles. The number of pyridine rings is 1. The number of benzene rings is 3. The predicted octanol–water partition coefficient (Wildman–Crippen LogP) is 6.21. The van der Waals surface area contributed by atoms with Crippen LogP contribution in [0, 0.1) is 13.8 Å². The van der Waals surface area contributed by atoms with Gasteiger partial charge in [0.25, 0.3) is 0 Å². The van der Waals surface area contributed by atoms with E-state index in [0.29, 0.717) is 32.6 Å². The van der Waals surface area contributed by atoms with Crippen molar-refractivity contribution in [1.82, 2.24) is 4.98 Å². The van der Waals surface area contributed by atoms with E-state index in [4.69, 9.17) is 21.3 Å². The molecule has 4 rings (SSSR count). The van der Waals surface area contributed by atoms with Gasteiger partial charge in [0.1, 0.15) is 0 Å². The van der Waals surface area contributed by atoms with E-state index in [1.54, 1.807) is 24.3 Å². The highest BCUT2D eigenvalue weighted by Crippen LogP contribution is 2.30. The molecule has 0 N–H and O–H groups in total. The molecule has 0 spiro atoms. The van der Waals surface area contributed by atoms with Crippen LogP contribution in [0.2, 0.25) is 5.02 Å². The number of hydrogen-bond donors (Lipinski definition) is 0. The number of halogens is 1. The first-order valence-electron chi connectivity index (χ1n) is 9.86. The van der Waals surface area contributed by atoms with Gasteiger partial charge in [-0.15, -0.1) is 0 Å². The molecule has 0 unspecified atom stereocenters. The monoisotopic (exact) mass is 429 g/mol. The topological polar surface area (TPSA) is 56.3 Å². The first-order chi connectivity index (χ1) is 14.9. The number of aryl methyl sites for hydroxylation is 1. The molecular weight excluding hydrogens is 410 g/mol. The molecule has 5 heteroatoms. The summed E-state index contributed by atoms with van der Waals surface area (Å²) in [5, 5.41) is 1.23. The molecule has 0 fully saturated rings. The lowest BCUT2D eigenvalue weighted by Gasteiger charge is -2.14. The Balaban J connectivity index is 1.69. The Bertz CT molecular complexity index is 1280. The smallest absolute Gasteiger partial charge is 0.339 e. The molecule has 0 aliphatic carbocycles. The molecule has 1 aromatic heterocycles. The maximum absolute atomic E-state index is 13.1. The summed E-state index contributed by atoms with van der Waals surface area (Å²) in [6.07, 6.45) is 0. The molecule has 4 nitrogen and oxygen atoms in total. The van der Waals surface area contributed by atoms with Gasteiger partial charge in [-0.2, -0.15) is 0 Å². The third-order valence-electron chi connectivity index (χ3n) is 5.17. The zero-order chi connectivity index (χ0) is 22.0. The standard InChI is InChI=1S/C26H20ClNO3/c1-16-7-9-19(10-8-16)25-17(2)24(21-5-3-4-6-22(21)28-25)26(30)31-15-23(29)18-11-13-20(27)14-12-18/h3-14H,15H2,1-2H3. The van der Waals surface area contributed by atoms with E-state index in [1.807, 2.05) is 62.4 Å². The molecule has 0 aliphatic heterocycles. The van der Waals surface area contributed by atoms with Crippen LogP contribution in [0.4, 0.5) is 0 Å². The minimum atomic E-state index is -0.549. The van der Waals surface area contributed by atoms with Crippen LogP contribution in [-0.2, 0) is 4.74 Å². The fourth-order valence-electron chi connectivity index (χ4n) is 3.49. The normalized spacial score (nSPS) is 10.8. The molecule has 0 bridgehead atoms. The van der Waals surface area contributed by atoms with Crippen molar-refractivity contribution >= 4 is 34.3 Å². The molecule has 4 aromatic rings. The quantitative estimate of drug-likeness (QED) is 0.279. The number of ether oxygens (including phenoxy) is 1. The van der Waals surface area contributed by atoms with Gasteiger partial charge in [0.2, 0.25) is 0 Å². The molecule has 0 atom stereocenters. The summed E-state index contributed by atoms with van der Waals surface area (Å²) < 4.78 is 5.42. The van der Waals surface area contributed by atoms with Gasteiger partial charge < -0.3 is 4.74 Å². The van der Waals surface area contributed by atoms with Gasteiger partial charge in [0, 0.05) is 21.5 Å². The lowest BCUT2D eigenvalue weighted by molar-refractivity contribution is 0.0476. The van der Waals surface area contributed by atoms with E-state index in [9.17, 15) is 9.59 Å². The highest BCUT2D eigenvalue weighted by atomic mass is 35.5. The Kier molecular flexibility index (Phi) is 5.83. The van der Waals surface area contributed by atoms with Gasteiger partial charge in [0.05, 0.1) is 16.8 Å². The Morgan fingerprint density at radius 3 is 2.29 bits per heavy atom. The minimum absolute atomic E-state index is 0.292. The number of Topliss-reactive ketones (excluding diaryl/α,β-unsaturated/α-hetero) is 1. The Morgan fingerprint density at radius 2 is 1.58 bits per heavy atom. The van der Waals surface area contributed by atoms with Crippen LogP contribution in [0.5, 0.6) is 0 Å². The number of para-hydroxylation sites is 1. The number of rotatable bonds is 5. The Labute approximate surface area is 185 Å². The van der Waals surface area contributed by atoms with Crippen molar-refractivity contribution in [2.24, 2.45) is 0 Å². The fraction of sp³-hybridized carbons (Fsp3) is 0.115. The Morgan fingerprint density at radius 1 is 0.903 bits per heavy atom. The second-order valence-corrected chi connectivity index (χ2v) is 7.79. The molecule has 154 valence electrons. The summed E-state index contributed by atoms with van der Waals surface area (Å²) in [5.41, 5.74) is 5.04. The molecule has 31 heavy (non-hydrogen) atoms. The molecule has 1 heterocycles. The number of ketones is 1. The van der Waals surface area contributed by atoms with Crippen LogP contribution < -0.4 is 0 Å². The first-order valence-corrected chi connectivity index (χ1v) is 10.2. The van der Waals surface area contributed by atoms with Crippen molar-refractivity contribution in [2.75, 3.05) is 6.61 Å². The third-order valence-corrected chi connectivity index (χ3v) is 5.42. The number of fused-ring (bicyclic) bond motifs is 1. The summed E-state index contributed by atoms with van der Waals surface area (Å²) in [4.78, 5) is 30.3. The predicted molar refractivity (Wildman–Crippen MR) is 123 cm³/mol. The summed E-state index contributed by atoms with van der Waals surface area (Å²) in [6.45, 7) is 3.52. The van der Waals surface area contributed by atoms with Crippen molar-refractivity contribution in [3.05, 3.63) is 100 Å². The van der Waals surface area contributed by atoms with E-state index >= 15 is 0 Å². The molecule has 0 saturated heterocycles. The van der Waals surface area contributed by atoms with E-state index in [0.717, 1.165) is 16.8 Å². The summed E-state index contributed by atoms with van der Waals surface area (Å²) >= 11 is 5.87. The summed E-state index contributed by atoms with van der Waals surface area (Å²) in [6, 6.07) is 21.9. The summed E-state index contributed by atoms with van der Waals surface area (Å²) in [7, 11) is 0. The lowest BCUT2D eigenvalue weighted by Crippen LogP contribution is -2.16. The van der Waals surface area contributed by atoms with Gasteiger partial charge in [0.15, 0.2) is 12.4 Å². The average molecular weight is 430 g/mol. The minimum Gasteiger partial charge on any atom is -0.454 e. The lowest BCUT2D eigenvalue weighted by atomic mass is 9.97. The molecular formula is C26H20ClNO3. The van der Waals surface area contributed by atoms with Crippen LogP contribution in [0.25, 0.3) is 22.2 Å². The van der Waals surface area contributed by atoms with Crippen LogP contribution >= 0.6 is 11.6 Å². The van der Waals surface area contributed by atoms with E-state index in [2.05, 4.69) is 0 Å². The molecule has 0 saturated carbocycles. The van der Waals surface area contributed by atoms with Crippen molar-refractivity contribution in [2.45, 2.75) is 13.8 Å². The highest BCUT2D eigenvalue weighted by Gasteiger charge is 2.21. The second-order valence-electron chi connectivity index (χ2n) is 7.35. The van der Waals surface area contributed by atoms with Gasteiger partial charge >= 0.3 is 5.97 Å². The van der Waals surface area contributed by atoms with Crippen LogP contribution in [-0.4, -0.2) is 23.3 Å². The van der Waals surface area contributed by atoms with E-state index < -0.39 is 5.97 Å². The van der Waals surface area contributed by atoms with Crippen LogP contribution in [0.15, 0.2) is 72.8 Å². The largest absolute Gasteiger partial charge is 0.454 e. The van der Waals surface area contributed by atoms with Gasteiger partial charge in [-0.3, -0.25) is 4.79 Å². The number of hydrogen-bond acceptors (Lipinski definition) is 4. The van der Waals surface area contributed by atoms with Crippen molar-refractivity contribution in [3.8, 4) is 11.3 Å². The van der Waals surface area contributed by atoms with Gasteiger partial charge in [-0.25, -0.2) is 9.78 Å². The molecule has 0 aliphatic rings. The second kappa shape index (κ2) is 8.70. The maximum Gasteiger partial charge on any atom is 0.339 e. The summed E-state index contributed by atoms with van der Waals surface area (Å²) in [5.74, 6) is -0.841. The zero-order valence-electron chi connectivity index (χ0n) is 17.2. The van der Waals surface area contributed by atoms with Gasteiger partial charge in [-0.05, 0) is 49.7 Å². The first kappa shape index (κ1) is 20.8. The van der Waals surface area contributed by atoms with Crippen LogP contribution in [0.3, 0.4) is 0 Å². The number of carbonyl (C=O) groups is 2. The fourth-order valence-corrected chi connectivity index (χ4v) is 3.61. The van der Waals surface area contributed by atoms with Crippen molar-refractivity contribution < 1.29 is 14.3 Å². The molecule has 0 radical (unpaired) electrons. The van der Waals surface area contributed by atoms with Crippen molar-refractivity contribution in [3.63, 3.8) is 0 Å². The average Bonchev–Trinajstić information content (AvgIpc) is 2.78. The van der Waals surface area contributed by atoms with Crippen molar-refractivity contribution in [1.29, 1.82) is 0 Å².